The Morgan fingerprint density at radius 3 is 2.29 bits per heavy atom. The fourth-order valence-electron chi connectivity index (χ4n) is 0.978. The number of rotatable bonds is 4. The van der Waals surface area contributed by atoms with Gasteiger partial charge in [-0.15, -0.1) is 0 Å². The smallest absolute Gasteiger partial charge is 0.387 e. The minimum absolute atomic E-state index is 0.0373. The van der Waals surface area contributed by atoms with Crippen LogP contribution >= 0.6 is 0 Å². The normalized spacial score (nSPS) is 9.00. The van der Waals surface area contributed by atoms with Gasteiger partial charge in [0.15, 0.2) is 0 Å². The highest BCUT2D eigenvalue weighted by molar-refractivity contribution is 5.51. The fourth-order valence-corrected chi connectivity index (χ4v) is 0.978. The first-order valence-corrected chi connectivity index (χ1v) is 4.47. The number of hydrogen-bond acceptors (Lipinski definition) is 4. The van der Waals surface area contributed by atoms with Crippen LogP contribution in [-0.2, 0) is 0 Å². The summed E-state index contributed by atoms with van der Waals surface area (Å²) in [6.45, 7) is -2.86. The Kier molecular flexibility index (Phi) is 4.46. The zero-order chi connectivity index (χ0) is 12.7. The number of halogens is 2. The van der Waals surface area contributed by atoms with E-state index in [4.69, 9.17) is 10.5 Å². The van der Waals surface area contributed by atoms with E-state index in [1.807, 2.05) is 0 Å². The Balaban J connectivity index is 2.67. The van der Waals surface area contributed by atoms with Crippen molar-refractivity contribution in [2.45, 2.75) is 6.61 Å². The van der Waals surface area contributed by atoms with Crippen LogP contribution in [0, 0.1) is 22.7 Å². The van der Waals surface area contributed by atoms with Gasteiger partial charge in [0.2, 0.25) is 0 Å². The van der Waals surface area contributed by atoms with Crippen LogP contribution in [0.2, 0.25) is 0 Å². The Morgan fingerprint density at radius 2 is 1.82 bits per heavy atom. The van der Waals surface area contributed by atoms with Crippen LogP contribution in [0.15, 0.2) is 36.0 Å². The van der Waals surface area contributed by atoms with E-state index < -0.39 is 6.61 Å². The molecule has 0 fully saturated rings. The molecule has 86 valence electrons. The zero-order valence-corrected chi connectivity index (χ0v) is 8.52. The molecule has 1 N–H and O–H groups in total. The number of nitriles is 2. The highest BCUT2D eigenvalue weighted by Crippen LogP contribution is 2.17. The summed E-state index contributed by atoms with van der Waals surface area (Å²) in [4.78, 5) is 0. The molecule has 1 rings (SSSR count). The van der Waals surface area contributed by atoms with E-state index in [1.165, 1.54) is 30.5 Å². The van der Waals surface area contributed by atoms with Gasteiger partial charge in [-0.05, 0) is 24.3 Å². The van der Waals surface area contributed by atoms with Crippen molar-refractivity contribution < 1.29 is 13.5 Å². The lowest BCUT2D eigenvalue weighted by atomic mass is 10.3. The van der Waals surface area contributed by atoms with Crippen molar-refractivity contribution in [1.82, 2.24) is 0 Å². The van der Waals surface area contributed by atoms with Gasteiger partial charge < -0.3 is 10.1 Å². The number of alkyl halides is 2. The molecule has 0 spiro atoms. The summed E-state index contributed by atoms with van der Waals surface area (Å²) in [5, 5.41) is 19.6. The molecule has 0 aliphatic heterocycles. The molecule has 0 aliphatic carbocycles. The van der Waals surface area contributed by atoms with E-state index in [0.717, 1.165) is 0 Å². The van der Waals surface area contributed by atoms with Crippen molar-refractivity contribution in [3.8, 4) is 17.9 Å². The molecule has 6 heteroatoms. The van der Waals surface area contributed by atoms with Crippen LogP contribution in [-0.4, -0.2) is 6.61 Å². The number of nitrogens with one attached hydrogen (secondary N) is 1. The third-order valence-electron chi connectivity index (χ3n) is 1.70. The van der Waals surface area contributed by atoms with Gasteiger partial charge in [0.1, 0.15) is 23.5 Å². The molecule has 1 aromatic carbocycles. The van der Waals surface area contributed by atoms with E-state index in [9.17, 15) is 8.78 Å². The van der Waals surface area contributed by atoms with Gasteiger partial charge in [-0.2, -0.15) is 19.3 Å². The van der Waals surface area contributed by atoms with Crippen molar-refractivity contribution >= 4 is 5.69 Å². The molecule has 0 radical (unpaired) electrons. The monoisotopic (exact) mass is 235 g/mol. The standard InChI is InChI=1S/C11H7F2N3O/c12-11(13)17-10-3-1-9(2-4-10)16-7-8(5-14)6-15/h1-4,7,11,16H. The van der Waals surface area contributed by atoms with Crippen LogP contribution in [0.4, 0.5) is 14.5 Å². The minimum Gasteiger partial charge on any atom is -0.435 e. The van der Waals surface area contributed by atoms with E-state index in [0.29, 0.717) is 5.69 Å². The Morgan fingerprint density at radius 1 is 1.24 bits per heavy atom. The molecule has 0 unspecified atom stereocenters. The van der Waals surface area contributed by atoms with Gasteiger partial charge >= 0.3 is 6.61 Å². The molecule has 0 saturated heterocycles. The van der Waals surface area contributed by atoms with Crippen molar-refractivity contribution in [2.24, 2.45) is 0 Å². The largest absolute Gasteiger partial charge is 0.435 e. The Bertz CT molecular complexity index is 467. The first kappa shape index (κ1) is 12.5. The highest BCUT2D eigenvalue weighted by atomic mass is 19.3. The molecule has 0 amide bonds. The number of hydrogen-bond donors (Lipinski definition) is 1. The van der Waals surface area contributed by atoms with Crippen molar-refractivity contribution in [1.29, 1.82) is 10.5 Å². The maximum Gasteiger partial charge on any atom is 0.387 e. The van der Waals surface area contributed by atoms with Gasteiger partial charge in [0.25, 0.3) is 0 Å². The lowest BCUT2D eigenvalue weighted by molar-refractivity contribution is -0.0498. The van der Waals surface area contributed by atoms with Crippen LogP contribution in [0.25, 0.3) is 0 Å². The summed E-state index contributed by atoms with van der Waals surface area (Å²) in [5.74, 6) is 0.0373. The zero-order valence-electron chi connectivity index (χ0n) is 8.52. The van der Waals surface area contributed by atoms with Gasteiger partial charge in [0.05, 0.1) is 0 Å². The van der Waals surface area contributed by atoms with Crippen LogP contribution in [0.3, 0.4) is 0 Å². The average molecular weight is 235 g/mol. The molecule has 0 heterocycles. The van der Waals surface area contributed by atoms with Crippen molar-refractivity contribution in [3.63, 3.8) is 0 Å². The third-order valence-corrected chi connectivity index (χ3v) is 1.70. The summed E-state index contributed by atoms with van der Waals surface area (Å²) in [6.07, 6.45) is 1.23. The second-order valence-electron chi connectivity index (χ2n) is 2.83. The van der Waals surface area contributed by atoms with Gasteiger partial charge in [-0.1, -0.05) is 0 Å². The SMILES string of the molecule is N#CC(C#N)=CNc1ccc(OC(F)F)cc1. The number of ether oxygens (including phenoxy) is 1. The quantitative estimate of drug-likeness (QED) is 0.814. The molecule has 0 aliphatic rings. The predicted molar refractivity (Wildman–Crippen MR) is 56.0 cm³/mol. The second kappa shape index (κ2) is 6.09. The highest BCUT2D eigenvalue weighted by Gasteiger charge is 2.03. The third kappa shape index (κ3) is 4.18. The number of allylic oxidation sites excluding steroid dienone is 1. The second-order valence-corrected chi connectivity index (χ2v) is 2.83. The van der Waals surface area contributed by atoms with E-state index in [2.05, 4.69) is 10.1 Å². The summed E-state index contributed by atoms with van der Waals surface area (Å²) < 4.78 is 27.9. The summed E-state index contributed by atoms with van der Waals surface area (Å²) >= 11 is 0. The van der Waals surface area contributed by atoms with Gasteiger partial charge in [-0.25, -0.2) is 0 Å². The summed E-state index contributed by atoms with van der Waals surface area (Å²) in [7, 11) is 0. The van der Waals surface area contributed by atoms with Crippen molar-refractivity contribution in [3.05, 3.63) is 36.0 Å². The molecule has 0 atom stereocenters. The molecule has 0 saturated carbocycles. The van der Waals surface area contributed by atoms with E-state index in [-0.39, 0.29) is 11.3 Å². The van der Waals surface area contributed by atoms with Gasteiger partial charge in [0, 0.05) is 11.9 Å². The summed E-state index contributed by atoms with van der Waals surface area (Å²) in [6, 6.07) is 9.02. The van der Waals surface area contributed by atoms with Crippen LogP contribution < -0.4 is 10.1 Å². The molecule has 0 aromatic heterocycles. The summed E-state index contributed by atoms with van der Waals surface area (Å²) in [5.41, 5.74) is 0.465. The molecule has 1 aromatic rings. The van der Waals surface area contributed by atoms with E-state index >= 15 is 0 Å². The maximum absolute atomic E-state index is 11.8. The Hall–Kier alpha value is -2.60. The average Bonchev–Trinajstić information content (AvgIpc) is 2.32. The number of anilines is 1. The van der Waals surface area contributed by atoms with Crippen LogP contribution in [0.1, 0.15) is 0 Å². The lowest BCUT2D eigenvalue weighted by Gasteiger charge is -2.05. The topological polar surface area (TPSA) is 68.8 Å². The maximum atomic E-state index is 11.8. The molecule has 0 bridgehead atoms. The van der Waals surface area contributed by atoms with Crippen molar-refractivity contribution in [2.75, 3.05) is 5.32 Å². The molecule has 17 heavy (non-hydrogen) atoms. The molecular formula is C11H7F2N3O. The minimum atomic E-state index is -2.86. The Labute approximate surface area is 96.3 Å². The van der Waals surface area contributed by atoms with Gasteiger partial charge in [-0.3, -0.25) is 0 Å². The predicted octanol–water partition coefficient (Wildman–Crippen LogP) is 2.63. The number of nitrogens with zero attached hydrogens (tertiary/aromatic N) is 2. The first-order chi connectivity index (χ1) is 8.15. The lowest BCUT2D eigenvalue weighted by Crippen LogP contribution is -2.01. The molecular weight excluding hydrogens is 228 g/mol. The molecule has 4 nitrogen and oxygen atoms in total. The van der Waals surface area contributed by atoms with E-state index in [1.54, 1.807) is 12.1 Å². The first-order valence-electron chi connectivity index (χ1n) is 4.47. The number of benzene rings is 1. The van der Waals surface area contributed by atoms with Crippen LogP contribution in [0.5, 0.6) is 5.75 Å². The fraction of sp³-hybridized carbons (Fsp3) is 0.0909.